The van der Waals surface area contributed by atoms with Gasteiger partial charge in [-0.2, -0.15) is 0 Å². The van der Waals surface area contributed by atoms with Crippen LogP contribution in [0.1, 0.15) is 53.7 Å². The topological polar surface area (TPSA) is 72.0 Å². The molecule has 3 rings (SSSR count). The van der Waals surface area contributed by atoms with Crippen molar-refractivity contribution in [2.24, 2.45) is 0 Å². The Bertz CT molecular complexity index is 728. The van der Waals surface area contributed by atoms with Gasteiger partial charge in [-0.05, 0) is 24.3 Å². The molecule has 5 heteroatoms. The third-order valence-electron chi connectivity index (χ3n) is 4.04. The van der Waals surface area contributed by atoms with Crippen LogP contribution in [-0.2, 0) is 11.2 Å². The number of ketones is 1. The lowest BCUT2D eigenvalue weighted by molar-refractivity contribution is -0.116. The molecule has 1 atom stereocenters. The standard InChI is InChI=1S/C18H19N3O2/c1-2-6-17(23)21-18-19-11-14-15(20-18)9-13(10-16(14)22)12-7-4-3-5-8-12/h3-5,7-8,11,13H,2,6,9-10H2,1H3,(H,19,20,21,23)/t13-/m1/s1. The smallest absolute Gasteiger partial charge is 0.229 e. The third kappa shape index (κ3) is 3.44. The van der Waals surface area contributed by atoms with Crippen molar-refractivity contribution in [2.45, 2.75) is 38.5 Å². The van der Waals surface area contributed by atoms with E-state index in [2.05, 4.69) is 15.3 Å². The van der Waals surface area contributed by atoms with Crippen molar-refractivity contribution in [2.75, 3.05) is 5.32 Å². The van der Waals surface area contributed by atoms with E-state index in [1.807, 2.05) is 37.3 Å². The van der Waals surface area contributed by atoms with Crippen LogP contribution < -0.4 is 5.32 Å². The van der Waals surface area contributed by atoms with E-state index in [1.54, 1.807) is 0 Å². The zero-order valence-electron chi connectivity index (χ0n) is 13.1. The number of nitrogens with one attached hydrogen (secondary N) is 1. The Morgan fingerprint density at radius 2 is 2.04 bits per heavy atom. The van der Waals surface area contributed by atoms with Gasteiger partial charge < -0.3 is 0 Å². The lowest BCUT2D eigenvalue weighted by atomic mass is 9.82. The van der Waals surface area contributed by atoms with Gasteiger partial charge in [0, 0.05) is 19.0 Å². The number of benzene rings is 1. The highest BCUT2D eigenvalue weighted by Crippen LogP contribution is 2.31. The molecule has 0 unspecified atom stereocenters. The third-order valence-corrected chi connectivity index (χ3v) is 4.04. The fourth-order valence-corrected chi connectivity index (χ4v) is 2.88. The molecule has 1 aliphatic carbocycles. The molecule has 1 amide bonds. The summed E-state index contributed by atoms with van der Waals surface area (Å²) in [5.41, 5.74) is 2.43. The highest BCUT2D eigenvalue weighted by atomic mass is 16.1. The van der Waals surface area contributed by atoms with Crippen LogP contribution in [-0.4, -0.2) is 21.7 Å². The first-order valence-corrected chi connectivity index (χ1v) is 7.91. The van der Waals surface area contributed by atoms with Crippen LogP contribution >= 0.6 is 0 Å². The van der Waals surface area contributed by atoms with E-state index >= 15 is 0 Å². The SMILES string of the molecule is CCCC(=O)Nc1ncc2c(n1)C[C@@H](c1ccccc1)CC2=O. The van der Waals surface area contributed by atoms with Gasteiger partial charge in [0.05, 0.1) is 11.3 Å². The molecule has 1 heterocycles. The summed E-state index contributed by atoms with van der Waals surface area (Å²) in [6.45, 7) is 1.94. The predicted molar refractivity (Wildman–Crippen MR) is 87.4 cm³/mol. The van der Waals surface area contributed by atoms with Crippen LogP contribution in [0, 0.1) is 0 Å². The van der Waals surface area contributed by atoms with Crippen LogP contribution in [0.3, 0.4) is 0 Å². The van der Waals surface area contributed by atoms with Crippen molar-refractivity contribution in [1.82, 2.24) is 9.97 Å². The highest BCUT2D eigenvalue weighted by molar-refractivity contribution is 5.98. The maximum atomic E-state index is 12.3. The van der Waals surface area contributed by atoms with E-state index in [0.29, 0.717) is 24.8 Å². The molecule has 1 aliphatic rings. The molecule has 0 bridgehead atoms. The van der Waals surface area contributed by atoms with Crippen molar-refractivity contribution < 1.29 is 9.59 Å². The van der Waals surface area contributed by atoms with E-state index in [9.17, 15) is 9.59 Å². The fourth-order valence-electron chi connectivity index (χ4n) is 2.88. The van der Waals surface area contributed by atoms with Crippen molar-refractivity contribution in [3.8, 4) is 0 Å². The number of hydrogen-bond donors (Lipinski definition) is 1. The molecule has 118 valence electrons. The Kier molecular flexibility index (Phi) is 4.46. The molecule has 0 saturated carbocycles. The van der Waals surface area contributed by atoms with Gasteiger partial charge in [0.25, 0.3) is 0 Å². The second-order valence-corrected chi connectivity index (χ2v) is 5.79. The summed E-state index contributed by atoms with van der Waals surface area (Å²) in [7, 11) is 0. The van der Waals surface area contributed by atoms with Crippen LogP contribution in [0.4, 0.5) is 5.95 Å². The number of Topliss-reactive ketones (excluding diaryl/α,β-unsaturated/α-hetero) is 1. The predicted octanol–water partition coefficient (Wildman–Crippen LogP) is 3.13. The second-order valence-electron chi connectivity index (χ2n) is 5.79. The molecule has 5 nitrogen and oxygen atoms in total. The highest BCUT2D eigenvalue weighted by Gasteiger charge is 2.28. The lowest BCUT2D eigenvalue weighted by Crippen LogP contribution is -2.22. The van der Waals surface area contributed by atoms with Crippen molar-refractivity contribution in [3.05, 3.63) is 53.3 Å². The van der Waals surface area contributed by atoms with Gasteiger partial charge in [-0.3, -0.25) is 14.9 Å². The Hall–Kier alpha value is -2.56. The van der Waals surface area contributed by atoms with Crippen molar-refractivity contribution >= 4 is 17.6 Å². The van der Waals surface area contributed by atoms with Gasteiger partial charge in [-0.1, -0.05) is 37.3 Å². The normalized spacial score (nSPS) is 16.7. The summed E-state index contributed by atoms with van der Waals surface area (Å²) >= 11 is 0. The number of carbonyl (C=O) groups excluding carboxylic acids is 2. The summed E-state index contributed by atoms with van der Waals surface area (Å²) in [5, 5.41) is 2.69. The van der Waals surface area contributed by atoms with Gasteiger partial charge in [0.2, 0.25) is 11.9 Å². The van der Waals surface area contributed by atoms with Gasteiger partial charge >= 0.3 is 0 Å². The number of carbonyl (C=O) groups is 2. The Labute approximate surface area is 135 Å². The summed E-state index contributed by atoms with van der Waals surface area (Å²) in [4.78, 5) is 32.5. The Morgan fingerprint density at radius 1 is 1.26 bits per heavy atom. The first-order chi connectivity index (χ1) is 11.2. The van der Waals surface area contributed by atoms with E-state index in [0.717, 1.165) is 17.7 Å². The second kappa shape index (κ2) is 6.69. The van der Waals surface area contributed by atoms with Crippen LogP contribution in [0.5, 0.6) is 0 Å². The number of rotatable bonds is 4. The fraction of sp³-hybridized carbons (Fsp3) is 0.333. The number of hydrogen-bond acceptors (Lipinski definition) is 4. The molecular weight excluding hydrogens is 290 g/mol. The average Bonchev–Trinajstić information content (AvgIpc) is 2.55. The molecule has 23 heavy (non-hydrogen) atoms. The number of amides is 1. The minimum atomic E-state index is -0.103. The summed E-state index contributed by atoms with van der Waals surface area (Å²) in [6.07, 6.45) is 3.90. The molecule has 0 fully saturated rings. The average molecular weight is 309 g/mol. The summed E-state index contributed by atoms with van der Waals surface area (Å²) in [5.74, 6) is 0.370. The van der Waals surface area contributed by atoms with E-state index in [-0.39, 0.29) is 23.6 Å². The van der Waals surface area contributed by atoms with E-state index in [1.165, 1.54) is 6.20 Å². The quantitative estimate of drug-likeness (QED) is 0.942. The molecule has 2 aromatic rings. The van der Waals surface area contributed by atoms with Crippen LogP contribution in [0.25, 0.3) is 0 Å². The minimum Gasteiger partial charge on any atom is -0.295 e. The van der Waals surface area contributed by atoms with E-state index in [4.69, 9.17) is 0 Å². The number of anilines is 1. The van der Waals surface area contributed by atoms with Crippen LogP contribution in [0.2, 0.25) is 0 Å². The number of fused-ring (bicyclic) bond motifs is 1. The number of nitrogens with zero attached hydrogens (tertiary/aromatic N) is 2. The Morgan fingerprint density at radius 3 is 2.78 bits per heavy atom. The molecule has 1 aromatic carbocycles. The molecule has 0 aliphatic heterocycles. The number of aromatic nitrogens is 2. The zero-order valence-corrected chi connectivity index (χ0v) is 13.1. The van der Waals surface area contributed by atoms with Gasteiger partial charge in [-0.25, -0.2) is 9.97 Å². The van der Waals surface area contributed by atoms with Crippen molar-refractivity contribution in [1.29, 1.82) is 0 Å². The van der Waals surface area contributed by atoms with Crippen molar-refractivity contribution in [3.63, 3.8) is 0 Å². The molecule has 0 spiro atoms. The maximum Gasteiger partial charge on any atom is 0.229 e. The summed E-state index contributed by atoms with van der Waals surface area (Å²) < 4.78 is 0. The first-order valence-electron chi connectivity index (χ1n) is 7.91. The minimum absolute atomic E-state index is 0.0616. The molecule has 0 saturated heterocycles. The molecule has 1 N–H and O–H groups in total. The molecule has 1 aromatic heterocycles. The zero-order chi connectivity index (χ0) is 16.2. The lowest BCUT2D eigenvalue weighted by Gasteiger charge is -2.23. The summed E-state index contributed by atoms with van der Waals surface area (Å²) in [6, 6.07) is 9.99. The largest absolute Gasteiger partial charge is 0.295 e. The maximum absolute atomic E-state index is 12.3. The van der Waals surface area contributed by atoms with Gasteiger partial charge in [0.15, 0.2) is 5.78 Å². The van der Waals surface area contributed by atoms with Gasteiger partial charge in [0.1, 0.15) is 0 Å². The monoisotopic (exact) mass is 309 g/mol. The van der Waals surface area contributed by atoms with Gasteiger partial charge in [-0.15, -0.1) is 0 Å². The Balaban J connectivity index is 1.84. The van der Waals surface area contributed by atoms with E-state index < -0.39 is 0 Å². The van der Waals surface area contributed by atoms with Crippen LogP contribution in [0.15, 0.2) is 36.5 Å². The molecular formula is C18H19N3O2. The molecule has 0 radical (unpaired) electrons. The first kappa shape index (κ1) is 15.3.